The Morgan fingerprint density at radius 3 is 2.79 bits per heavy atom. The molecule has 0 spiro atoms. The summed E-state index contributed by atoms with van der Waals surface area (Å²) >= 11 is 0. The minimum absolute atomic E-state index is 0.0261. The number of halogens is 2. The molecule has 0 saturated carbocycles. The molecule has 2 nitrogen and oxygen atoms in total. The van der Waals surface area contributed by atoms with Crippen LogP contribution < -0.4 is 10.1 Å². The van der Waals surface area contributed by atoms with E-state index in [1.165, 1.54) is 12.1 Å². The van der Waals surface area contributed by atoms with E-state index in [1.807, 2.05) is 24.3 Å². The molecule has 0 aromatic heterocycles. The van der Waals surface area contributed by atoms with Crippen molar-refractivity contribution in [1.82, 2.24) is 0 Å². The molecule has 1 unspecified atom stereocenters. The molecule has 4 heteroatoms. The molecule has 19 heavy (non-hydrogen) atoms. The lowest BCUT2D eigenvalue weighted by molar-refractivity contribution is 0.246. The van der Waals surface area contributed by atoms with Crippen molar-refractivity contribution in [2.75, 3.05) is 11.9 Å². The first-order valence-corrected chi connectivity index (χ1v) is 6.16. The van der Waals surface area contributed by atoms with Gasteiger partial charge in [0.1, 0.15) is 23.5 Å². The van der Waals surface area contributed by atoms with Gasteiger partial charge in [0, 0.05) is 12.5 Å². The average molecular weight is 261 g/mol. The van der Waals surface area contributed by atoms with Crippen LogP contribution in [0.5, 0.6) is 5.75 Å². The molecule has 2 aromatic rings. The fourth-order valence-electron chi connectivity index (χ4n) is 2.22. The number of hydrogen-bond acceptors (Lipinski definition) is 2. The first-order valence-electron chi connectivity index (χ1n) is 6.16. The van der Waals surface area contributed by atoms with Crippen LogP contribution in [0.1, 0.15) is 5.56 Å². The third kappa shape index (κ3) is 2.52. The third-order valence-electron chi connectivity index (χ3n) is 3.17. The van der Waals surface area contributed by atoms with Gasteiger partial charge in [0.05, 0.1) is 12.2 Å². The summed E-state index contributed by atoms with van der Waals surface area (Å²) in [5, 5.41) is 2.95. The number of ether oxygens (including phenoxy) is 1. The number of anilines is 1. The van der Waals surface area contributed by atoms with Crippen LogP contribution in [-0.4, -0.2) is 12.6 Å². The lowest BCUT2D eigenvalue weighted by atomic mass is 10.1. The summed E-state index contributed by atoms with van der Waals surface area (Å²) in [5.74, 6) is -0.281. The maximum Gasteiger partial charge on any atom is 0.149 e. The second kappa shape index (κ2) is 4.88. The van der Waals surface area contributed by atoms with E-state index in [1.54, 1.807) is 0 Å². The van der Waals surface area contributed by atoms with Crippen LogP contribution in [0.25, 0.3) is 0 Å². The monoisotopic (exact) mass is 261 g/mol. The summed E-state index contributed by atoms with van der Waals surface area (Å²) in [6, 6.07) is 11.3. The summed E-state index contributed by atoms with van der Waals surface area (Å²) in [5.41, 5.74) is 1.45. The minimum atomic E-state index is -0.587. The molecule has 98 valence electrons. The molecule has 1 N–H and O–H groups in total. The summed E-state index contributed by atoms with van der Waals surface area (Å²) in [6.45, 7) is 0.483. The van der Waals surface area contributed by atoms with E-state index in [4.69, 9.17) is 4.74 Å². The largest absolute Gasteiger partial charge is 0.488 e. The molecule has 3 rings (SSSR count). The number of rotatable bonds is 3. The molecule has 1 aliphatic heterocycles. The van der Waals surface area contributed by atoms with Crippen LogP contribution in [0.4, 0.5) is 14.5 Å². The Morgan fingerprint density at radius 1 is 1.16 bits per heavy atom. The Bertz CT molecular complexity index is 575. The molecular weight excluding hydrogens is 248 g/mol. The standard InChI is InChI=1S/C15H13F2NO/c16-11-5-6-14(13(17)8-11)18-9-12-7-10-3-1-2-4-15(10)19-12/h1-6,8,12,18H,7,9H2. The molecule has 1 heterocycles. The van der Waals surface area contributed by atoms with Gasteiger partial charge in [-0.05, 0) is 23.8 Å². The fraction of sp³-hybridized carbons (Fsp3) is 0.200. The van der Waals surface area contributed by atoms with Crippen molar-refractivity contribution in [3.05, 3.63) is 59.7 Å². The molecule has 0 fully saturated rings. The molecule has 0 radical (unpaired) electrons. The van der Waals surface area contributed by atoms with E-state index in [0.29, 0.717) is 12.2 Å². The molecule has 2 aromatic carbocycles. The van der Waals surface area contributed by atoms with Crippen LogP contribution >= 0.6 is 0 Å². The number of nitrogens with one attached hydrogen (secondary N) is 1. The van der Waals surface area contributed by atoms with Gasteiger partial charge in [-0.2, -0.15) is 0 Å². The number of hydrogen-bond donors (Lipinski definition) is 1. The second-order valence-corrected chi connectivity index (χ2v) is 4.56. The Hall–Kier alpha value is -2.10. The minimum Gasteiger partial charge on any atom is -0.488 e. The highest BCUT2D eigenvalue weighted by atomic mass is 19.1. The molecule has 0 aliphatic carbocycles. The van der Waals surface area contributed by atoms with Gasteiger partial charge in [0.15, 0.2) is 0 Å². The van der Waals surface area contributed by atoms with Gasteiger partial charge in [0.25, 0.3) is 0 Å². The van der Waals surface area contributed by atoms with Crippen molar-refractivity contribution < 1.29 is 13.5 Å². The highest BCUT2D eigenvalue weighted by Crippen LogP contribution is 2.28. The molecule has 0 amide bonds. The molecule has 0 saturated heterocycles. The van der Waals surface area contributed by atoms with Gasteiger partial charge in [-0.25, -0.2) is 8.78 Å². The van der Waals surface area contributed by atoms with Gasteiger partial charge in [-0.15, -0.1) is 0 Å². The van der Waals surface area contributed by atoms with E-state index in [2.05, 4.69) is 5.32 Å². The zero-order valence-corrected chi connectivity index (χ0v) is 10.2. The van der Waals surface area contributed by atoms with Crippen LogP contribution in [-0.2, 0) is 6.42 Å². The summed E-state index contributed by atoms with van der Waals surface area (Å²) in [4.78, 5) is 0. The quantitative estimate of drug-likeness (QED) is 0.914. The van der Waals surface area contributed by atoms with Gasteiger partial charge in [-0.1, -0.05) is 18.2 Å². The zero-order valence-electron chi connectivity index (χ0n) is 10.2. The second-order valence-electron chi connectivity index (χ2n) is 4.56. The summed E-state index contributed by atoms with van der Waals surface area (Å²) in [6.07, 6.45) is 0.772. The Labute approximate surface area is 110 Å². The van der Waals surface area contributed by atoms with Gasteiger partial charge >= 0.3 is 0 Å². The van der Waals surface area contributed by atoms with Crippen LogP contribution in [0.2, 0.25) is 0 Å². The smallest absolute Gasteiger partial charge is 0.149 e. The lowest BCUT2D eigenvalue weighted by Gasteiger charge is -2.13. The van der Waals surface area contributed by atoms with Gasteiger partial charge in [0.2, 0.25) is 0 Å². The Kier molecular flexibility index (Phi) is 3.07. The summed E-state index contributed by atoms with van der Waals surface area (Å²) in [7, 11) is 0. The first-order chi connectivity index (χ1) is 9.22. The topological polar surface area (TPSA) is 21.3 Å². The number of benzene rings is 2. The van der Waals surface area contributed by atoms with Crippen molar-refractivity contribution in [1.29, 1.82) is 0 Å². The highest BCUT2D eigenvalue weighted by molar-refractivity contribution is 5.45. The van der Waals surface area contributed by atoms with Crippen molar-refractivity contribution >= 4 is 5.69 Å². The molecule has 0 bridgehead atoms. The van der Waals surface area contributed by atoms with Crippen LogP contribution in [0.15, 0.2) is 42.5 Å². The zero-order chi connectivity index (χ0) is 13.2. The van der Waals surface area contributed by atoms with E-state index in [9.17, 15) is 8.78 Å². The van der Waals surface area contributed by atoms with Crippen molar-refractivity contribution in [3.8, 4) is 5.75 Å². The number of fused-ring (bicyclic) bond motifs is 1. The van der Waals surface area contributed by atoms with Crippen molar-refractivity contribution in [2.45, 2.75) is 12.5 Å². The fourth-order valence-corrected chi connectivity index (χ4v) is 2.22. The summed E-state index contributed by atoms with van der Waals surface area (Å²) < 4.78 is 32.0. The lowest BCUT2D eigenvalue weighted by Crippen LogP contribution is -2.24. The Morgan fingerprint density at radius 2 is 2.00 bits per heavy atom. The van der Waals surface area contributed by atoms with E-state index >= 15 is 0 Å². The van der Waals surface area contributed by atoms with Gasteiger partial charge < -0.3 is 10.1 Å². The normalized spacial score (nSPS) is 16.8. The SMILES string of the molecule is Fc1ccc(NCC2Cc3ccccc3O2)c(F)c1. The molecular formula is C15H13F2NO. The maximum absolute atomic E-state index is 13.4. The predicted molar refractivity (Wildman–Crippen MR) is 69.4 cm³/mol. The van der Waals surface area contributed by atoms with Gasteiger partial charge in [-0.3, -0.25) is 0 Å². The Balaban J connectivity index is 1.63. The van der Waals surface area contributed by atoms with E-state index in [0.717, 1.165) is 23.8 Å². The van der Waals surface area contributed by atoms with E-state index < -0.39 is 11.6 Å². The third-order valence-corrected chi connectivity index (χ3v) is 3.17. The average Bonchev–Trinajstić information content (AvgIpc) is 2.80. The van der Waals surface area contributed by atoms with Crippen LogP contribution in [0.3, 0.4) is 0 Å². The highest BCUT2D eigenvalue weighted by Gasteiger charge is 2.22. The van der Waals surface area contributed by atoms with Crippen LogP contribution in [0, 0.1) is 11.6 Å². The van der Waals surface area contributed by atoms with Crippen molar-refractivity contribution in [3.63, 3.8) is 0 Å². The van der Waals surface area contributed by atoms with Crippen molar-refractivity contribution in [2.24, 2.45) is 0 Å². The number of para-hydroxylation sites is 1. The maximum atomic E-state index is 13.4. The molecule has 1 aliphatic rings. The first kappa shape index (κ1) is 12.0. The molecule has 1 atom stereocenters. The van der Waals surface area contributed by atoms with E-state index in [-0.39, 0.29) is 6.10 Å². The predicted octanol–water partition coefficient (Wildman–Crippen LogP) is 3.38.